The van der Waals surface area contributed by atoms with Crippen LogP contribution in [0.5, 0.6) is 0 Å². The van der Waals surface area contributed by atoms with Crippen molar-refractivity contribution in [3.8, 4) is 0 Å². The lowest BCUT2D eigenvalue weighted by molar-refractivity contribution is 0.578. The summed E-state index contributed by atoms with van der Waals surface area (Å²) in [6.07, 6.45) is 0.789. The Morgan fingerprint density at radius 2 is 1.84 bits per heavy atom. The van der Waals surface area contributed by atoms with Crippen LogP contribution in [0.3, 0.4) is 0 Å². The van der Waals surface area contributed by atoms with Crippen molar-refractivity contribution in [2.45, 2.75) is 39.8 Å². The molecule has 19 heavy (non-hydrogen) atoms. The van der Waals surface area contributed by atoms with Crippen LogP contribution in [-0.4, -0.2) is 16.0 Å². The van der Waals surface area contributed by atoms with Gasteiger partial charge in [-0.15, -0.1) is 0 Å². The summed E-state index contributed by atoms with van der Waals surface area (Å²) in [7, 11) is 0. The van der Waals surface area contributed by atoms with Crippen LogP contribution in [0.4, 0.5) is 0 Å². The second kappa shape index (κ2) is 6.43. The van der Waals surface area contributed by atoms with Crippen LogP contribution in [0.25, 0.3) is 0 Å². The molecule has 0 unspecified atom stereocenters. The Kier molecular flexibility index (Phi) is 4.63. The molecule has 0 saturated heterocycles. The Balaban J connectivity index is 2.12. The maximum absolute atomic E-state index is 4.63. The van der Waals surface area contributed by atoms with E-state index in [1.54, 1.807) is 0 Å². The van der Waals surface area contributed by atoms with Gasteiger partial charge in [-0.05, 0) is 18.6 Å². The summed E-state index contributed by atoms with van der Waals surface area (Å²) >= 11 is 0. The first kappa shape index (κ1) is 13.7. The van der Waals surface area contributed by atoms with E-state index in [-0.39, 0.29) is 0 Å². The predicted octanol–water partition coefficient (Wildman–Crippen LogP) is 2.87. The molecule has 2 rings (SSSR count). The number of aryl methyl sites for hydroxylation is 1. The molecular weight excluding hydrogens is 234 g/mol. The fraction of sp³-hybridized carbons (Fsp3) is 0.375. The first-order valence-corrected chi connectivity index (χ1v) is 6.74. The quantitative estimate of drug-likeness (QED) is 0.892. The molecule has 1 aromatic carbocycles. The van der Waals surface area contributed by atoms with Crippen LogP contribution in [0.2, 0.25) is 0 Å². The lowest BCUT2D eigenvalue weighted by atomic mass is 10.1. The Labute approximate surface area is 115 Å². The number of rotatable bonds is 5. The third kappa shape index (κ3) is 4.45. The lowest BCUT2D eigenvalue weighted by Gasteiger charge is -2.09. The number of hydrogen-bond acceptors (Lipinski definition) is 3. The summed E-state index contributed by atoms with van der Waals surface area (Å²) in [4.78, 5) is 9.14. The van der Waals surface area contributed by atoms with Gasteiger partial charge >= 0.3 is 0 Å². The summed E-state index contributed by atoms with van der Waals surface area (Å²) in [6, 6.07) is 12.9. The number of benzene rings is 1. The van der Waals surface area contributed by atoms with Gasteiger partial charge in [-0.2, -0.15) is 0 Å². The molecule has 0 fully saturated rings. The van der Waals surface area contributed by atoms with Crippen molar-refractivity contribution in [1.29, 1.82) is 0 Å². The van der Waals surface area contributed by atoms with Crippen LogP contribution in [0, 0.1) is 6.92 Å². The maximum atomic E-state index is 4.63. The standard InChI is InChI=1S/C16H21N3/c1-12(2)17-11-15-9-13(3)18-16(19-15)10-14-7-5-4-6-8-14/h4-9,12,17H,10-11H2,1-3H3. The van der Waals surface area contributed by atoms with Gasteiger partial charge in [0.25, 0.3) is 0 Å². The van der Waals surface area contributed by atoms with E-state index < -0.39 is 0 Å². The summed E-state index contributed by atoms with van der Waals surface area (Å²) in [6.45, 7) is 7.09. The molecule has 1 aromatic heterocycles. The van der Waals surface area contributed by atoms with Crippen LogP contribution < -0.4 is 5.32 Å². The van der Waals surface area contributed by atoms with Gasteiger partial charge in [0, 0.05) is 24.7 Å². The summed E-state index contributed by atoms with van der Waals surface area (Å²) in [5, 5.41) is 3.39. The van der Waals surface area contributed by atoms with Crippen LogP contribution in [-0.2, 0) is 13.0 Å². The molecule has 0 atom stereocenters. The fourth-order valence-electron chi connectivity index (χ4n) is 1.96. The first-order valence-electron chi connectivity index (χ1n) is 6.74. The topological polar surface area (TPSA) is 37.8 Å². The van der Waals surface area contributed by atoms with Crippen LogP contribution in [0.1, 0.15) is 36.6 Å². The second-order valence-corrected chi connectivity index (χ2v) is 5.11. The van der Waals surface area contributed by atoms with Crippen molar-refractivity contribution in [3.63, 3.8) is 0 Å². The van der Waals surface area contributed by atoms with Gasteiger partial charge in [-0.1, -0.05) is 44.2 Å². The Morgan fingerprint density at radius 1 is 1.11 bits per heavy atom. The molecular formula is C16H21N3. The third-order valence-corrected chi connectivity index (χ3v) is 2.85. The molecule has 100 valence electrons. The number of aromatic nitrogens is 2. The van der Waals surface area contributed by atoms with Crippen molar-refractivity contribution in [1.82, 2.24) is 15.3 Å². The molecule has 0 aliphatic heterocycles. The highest BCUT2D eigenvalue weighted by Gasteiger charge is 2.04. The lowest BCUT2D eigenvalue weighted by Crippen LogP contribution is -2.23. The average Bonchev–Trinajstić information content (AvgIpc) is 2.37. The van der Waals surface area contributed by atoms with Gasteiger partial charge in [0.2, 0.25) is 0 Å². The Bertz CT molecular complexity index is 521. The molecule has 1 heterocycles. The number of nitrogens with zero attached hydrogens (tertiary/aromatic N) is 2. The molecule has 2 aromatic rings. The molecule has 1 N–H and O–H groups in total. The third-order valence-electron chi connectivity index (χ3n) is 2.85. The molecule has 0 bridgehead atoms. The molecule has 0 amide bonds. The summed E-state index contributed by atoms with van der Waals surface area (Å²) in [5.41, 5.74) is 3.34. The monoisotopic (exact) mass is 255 g/mol. The van der Waals surface area contributed by atoms with E-state index in [1.165, 1.54) is 5.56 Å². The van der Waals surface area contributed by atoms with Crippen molar-refractivity contribution in [2.75, 3.05) is 0 Å². The molecule has 3 nitrogen and oxygen atoms in total. The van der Waals surface area contributed by atoms with E-state index >= 15 is 0 Å². The van der Waals surface area contributed by atoms with Crippen LogP contribution >= 0.6 is 0 Å². The largest absolute Gasteiger partial charge is 0.309 e. The van der Waals surface area contributed by atoms with Gasteiger partial charge in [-0.25, -0.2) is 9.97 Å². The Hall–Kier alpha value is -1.74. The predicted molar refractivity (Wildman–Crippen MR) is 78.0 cm³/mol. The molecule has 0 radical (unpaired) electrons. The minimum Gasteiger partial charge on any atom is -0.309 e. The zero-order valence-electron chi connectivity index (χ0n) is 11.9. The highest BCUT2D eigenvalue weighted by molar-refractivity contribution is 5.20. The van der Waals surface area contributed by atoms with Gasteiger partial charge in [0.05, 0.1) is 5.69 Å². The average molecular weight is 255 g/mol. The molecule has 0 aliphatic carbocycles. The van der Waals surface area contributed by atoms with E-state index in [0.717, 1.165) is 30.2 Å². The maximum Gasteiger partial charge on any atom is 0.133 e. The van der Waals surface area contributed by atoms with E-state index in [0.29, 0.717) is 6.04 Å². The molecule has 0 aliphatic rings. The molecule has 0 saturated carbocycles. The zero-order valence-corrected chi connectivity index (χ0v) is 11.9. The van der Waals surface area contributed by atoms with Crippen molar-refractivity contribution < 1.29 is 0 Å². The Morgan fingerprint density at radius 3 is 2.53 bits per heavy atom. The number of nitrogens with one attached hydrogen (secondary N) is 1. The van der Waals surface area contributed by atoms with Gasteiger partial charge in [-0.3, -0.25) is 0 Å². The van der Waals surface area contributed by atoms with Crippen LogP contribution in [0.15, 0.2) is 36.4 Å². The second-order valence-electron chi connectivity index (χ2n) is 5.11. The highest BCUT2D eigenvalue weighted by Crippen LogP contribution is 2.07. The first-order chi connectivity index (χ1) is 9.13. The van der Waals surface area contributed by atoms with Gasteiger partial charge in [0.15, 0.2) is 0 Å². The highest BCUT2D eigenvalue weighted by atomic mass is 14.9. The van der Waals surface area contributed by atoms with Gasteiger partial charge in [0.1, 0.15) is 5.82 Å². The fourth-order valence-corrected chi connectivity index (χ4v) is 1.96. The van der Waals surface area contributed by atoms with E-state index in [4.69, 9.17) is 0 Å². The minimum absolute atomic E-state index is 0.466. The smallest absolute Gasteiger partial charge is 0.133 e. The normalized spacial score (nSPS) is 10.9. The molecule has 3 heteroatoms. The summed E-state index contributed by atoms with van der Waals surface area (Å²) < 4.78 is 0. The number of hydrogen-bond donors (Lipinski definition) is 1. The van der Waals surface area contributed by atoms with Gasteiger partial charge < -0.3 is 5.32 Å². The van der Waals surface area contributed by atoms with Crippen molar-refractivity contribution in [2.24, 2.45) is 0 Å². The van der Waals surface area contributed by atoms with Crippen molar-refractivity contribution in [3.05, 3.63) is 59.2 Å². The van der Waals surface area contributed by atoms with E-state index in [9.17, 15) is 0 Å². The van der Waals surface area contributed by atoms with E-state index in [1.807, 2.05) is 31.2 Å². The zero-order chi connectivity index (χ0) is 13.7. The SMILES string of the molecule is Cc1cc(CNC(C)C)nc(Cc2ccccc2)n1. The van der Waals surface area contributed by atoms with Crippen molar-refractivity contribution >= 4 is 0 Å². The van der Waals surface area contributed by atoms with E-state index in [2.05, 4.69) is 41.3 Å². The minimum atomic E-state index is 0.466. The molecule has 0 spiro atoms. The summed E-state index contributed by atoms with van der Waals surface area (Å²) in [5.74, 6) is 0.895.